The van der Waals surface area contributed by atoms with Gasteiger partial charge >= 0.3 is 0 Å². The third kappa shape index (κ3) is 5.80. The molecular weight excluding hydrogens is 446 g/mol. The van der Waals surface area contributed by atoms with Crippen LogP contribution in [0.5, 0.6) is 5.75 Å². The largest absolute Gasteiger partial charge is 0.497 e. The van der Waals surface area contributed by atoms with Gasteiger partial charge in [-0.1, -0.05) is 24.2 Å². The van der Waals surface area contributed by atoms with Crippen molar-refractivity contribution < 1.29 is 9.53 Å². The molecule has 3 aromatic rings. The lowest BCUT2D eigenvalue weighted by atomic mass is 10.1. The predicted molar refractivity (Wildman–Crippen MR) is 137 cm³/mol. The Hall–Kier alpha value is -2.84. The van der Waals surface area contributed by atoms with Crippen LogP contribution in [0.25, 0.3) is 5.69 Å². The van der Waals surface area contributed by atoms with E-state index in [4.69, 9.17) is 4.74 Å². The van der Waals surface area contributed by atoms with Crippen molar-refractivity contribution >= 4 is 23.4 Å². The summed E-state index contributed by atoms with van der Waals surface area (Å²) in [5.74, 6) is 1.87. The topological polar surface area (TPSA) is 72.3 Å². The molecule has 2 heterocycles. The SMILES string of the molecule is COc1ccc(-n2c(SCC(=O)Nc3cc(C)cc(C)c3)nnc2C(C)N2CCCCC2)cc1. The Bertz CT molecular complexity index is 1100. The van der Waals surface area contributed by atoms with Gasteiger partial charge in [0.15, 0.2) is 11.0 Å². The molecule has 1 atom stereocenters. The number of ether oxygens (including phenoxy) is 1. The number of nitrogens with one attached hydrogen (secondary N) is 1. The third-order valence-electron chi connectivity index (χ3n) is 6.14. The van der Waals surface area contributed by atoms with Crippen LogP contribution >= 0.6 is 11.8 Å². The van der Waals surface area contributed by atoms with E-state index in [0.717, 1.165) is 47.2 Å². The van der Waals surface area contributed by atoms with E-state index in [1.165, 1.54) is 31.0 Å². The van der Waals surface area contributed by atoms with Crippen molar-refractivity contribution in [3.63, 3.8) is 0 Å². The monoisotopic (exact) mass is 479 g/mol. The Balaban J connectivity index is 1.55. The Morgan fingerprint density at radius 3 is 2.38 bits per heavy atom. The van der Waals surface area contributed by atoms with Crippen molar-refractivity contribution in [1.82, 2.24) is 19.7 Å². The van der Waals surface area contributed by atoms with Crippen LogP contribution in [0, 0.1) is 13.8 Å². The summed E-state index contributed by atoms with van der Waals surface area (Å²) in [6, 6.07) is 14.1. The molecule has 2 aromatic carbocycles. The molecule has 0 spiro atoms. The average Bonchev–Trinajstić information content (AvgIpc) is 3.26. The normalized spacial score (nSPS) is 15.2. The number of aromatic nitrogens is 3. The molecule has 7 nitrogen and oxygen atoms in total. The minimum Gasteiger partial charge on any atom is -0.497 e. The number of rotatable bonds is 8. The smallest absolute Gasteiger partial charge is 0.234 e. The van der Waals surface area contributed by atoms with Gasteiger partial charge in [0.25, 0.3) is 0 Å². The van der Waals surface area contributed by atoms with Crippen LogP contribution in [0.4, 0.5) is 5.69 Å². The molecule has 0 radical (unpaired) electrons. The van der Waals surface area contributed by atoms with Gasteiger partial charge in [0.05, 0.1) is 18.9 Å². The second-order valence-corrected chi connectivity index (χ2v) is 9.80. The quantitative estimate of drug-likeness (QED) is 0.450. The second kappa shape index (κ2) is 11.1. The zero-order chi connectivity index (χ0) is 24.1. The molecule has 1 unspecified atom stereocenters. The molecular formula is C26H33N5O2S. The van der Waals surface area contributed by atoms with Crippen molar-refractivity contribution in [2.24, 2.45) is 0 Å². The molecule has 34 heavy (non-hydrogen) atoms. The van der Waals surface area contributed by atoms with E-state index in [9.17, 15) is 4.79 Å². The number of anilines is 1. The Labute approximate surface area is 205 Å². The van der Waals surface area contributed by atoms with Crippen molar-refractivity contribution in [1.29, 1.82) is 0 Å². The second-order valence-electron chi connectivity index (χ2n) is 8.86. The number of benzene rings is 2. The number of hydrogen-bond acceptors (Lipinski definition) is 6. The van der Waals surface area contributed by atoms with Gasteiger partial charge in [0.2, 0.25) is 5.91 Å². The molecule has 1 aliphatic rings. The number of piperidine rings is 1. The molecule has 1 aromatic heterocycles. The molecule has 0 saturated carbocycles. The molecule has 1 amide bonds. The number of nitrogens with zero attached hydrogens (tertiary/aromatic N) is 4. The fourth-order valence-corrected chi connectivity index (χ4v) is 5.22. The van der Waals surface area contributed by atoms with Crippen LogP contribution in [0.15, 0.2) is 47.6 Å². The summed E-state index contributed by atoms with van der Waals surface area (Å²) in [6.45, 7) is 8.38. The van der Waals surface area contributed by atoms with Crippen molar-refractivity contribution in [3.05, 3.63) is 59.4 Å². The summed E-state index contributed by atoms with van der Waals surface area (Å²) in [5, 5.41) is 12.8. The number of carbonyl (C=O) groups excluding carboxylic acids is 1. The van der Waals surface area contributed by atoms with Crippen LogP contribution in [0.1, 0.15) is 49.2 Å². The first-order valence-corrected chi connectivity index (χ1v) is 12.8. The molecule has 1 saturated heterocycles. The van der Waals surface area contributed by atoms with Gasteiger partial charge in [-0.2, -0.15) is 0 Å². The number of thioether (sulfide) groups is 1. The highest BCUT2D eigenvalue weighted by Gasteiger charge is 2.26. The van der Waals surface area contributed by atoms with E-state index < -0.39 is 0 Å². The zero-order valence-electron chi connectivity index (χ0n) is 20.4. The molecule has 1 aliphatic heterocycles. The van der Waals surface area contributed by atoms with Crippen LogP contribution in [-0.4, -0.2) is 51.5 Å². The lowest BCUT2D eigenvalue weighted by Gasteiger charge is -2.31. The van der Waals surface area contributed by atoms with Crippen LogP contribution in [0.3, 0.4) is 0 Å². The number of aryl methyl sites for hydroxylation is 2. The summed E-state index contributed by atoms with van der Waals surface area (Å²) in [6.07, 6.45) is 3.70. The molecule has 0 aliphatic carbocycles. The van der Waals surface area contributed by atoms with E-state index in [2.05, 4.69) is 38.0 Å². The number of amides is 1. The Morgan fingerprint density at radius 2 is 1.74 bits per heavy atom. The zero-order valence-corrected chi connectivity index (χ0v) is 21.2. The van der Waals surface area contributed by atoms with Crippen LogP contribution in [-0.2, 0) is 4.79 Å². The lowest BCUT2D eigenvalue weighted by molar-refractivity contribution is -0.113. The van der Waals surface area contributed by atoms with E-state index in [0.29, 0.717) is 5.16 Å². The molecule has 4 rings (SSSR count). The van der Waals surface area contributed by atoms with Crippen molar-refractivity contribution in [2.75, 3.05) is 31.3 Å². The van der Waals surface area contributed by atoms with Gasteiger partial charge < -0.3 is 10.1 Å². The maximum atomic E-state index is 12.7. The van der Waals surface area contributed by atoms with Gasteiger partial charge in [-0.05, 0) is 94.2 Å². The Kier molecular flexibility index (Phi) is 7.90. The minimum absolute atomic E-state index is 0.0649. The summed E-state index contributed by atoms with van der Waals surface area (Å²) < 4.78 is 7.41. The summed E-state index contributed by atoms with van der Waals surface area (Å²) >= 11 is 1.40. The van der Waals surface area contributed by atoms with Gasteiger partial charge in [-0.3, -0.25) is 14.3 Å². The third-order valence-corrected chi connectivity index (χ3v) is 7.07. The highest BCUT2D eigenvalue weighted by Crippen LogP contribution is 2.30. The minimum atomic E-state index is -0.0649. The number of carbonyl (C=O) groups is 1. The lowest BCUT2D eigenvalue weighted by Crippen LogP contribution is -2.33. The van der Waals surface area contributed by atoms with Gasteiger partial charge in [0, 0.05) is 11.4 Å². The van der Waals surface area contributed by atoms with E-state index in [1.54, 1.807) is 7.11 Å². The number of likely N-dealkylation sites (tertiary alicyclic amines) is 1. The molecule has 180 valence electrons. The average molecular weight is 480 g/mol. The van der Waals surface area contributed by atoms with Crippen LogP contribution < -0.4 is 10.1 Å². The van der Waals surface area contributed by atoms with E-state index >= 15 is 0 Å². The first-order chi connectivity index (χ1) is 16.4. The molecule has 8 heteroatoms. The summed E-state index contributed by atoms with van der Waals surface area (Å²) in [4.78, 5) is 15.2. The van der Waals surface area contributed by atoms with Gasteiger partial charge in [-0.25, -0.2) is 0 Å². The Morgan fingerprint density at radius 1 is 1.06 bits per heavy atom. The molecule has 0 bridgehead atoms. The maximum Gasteiger partial charge on any atom is 0.234 e. The number of hydrogen-bond donors (Lipinski definition) is 1. The highest BCUT2D eigenvalue weighted by atomic mass is 32.2. The number of methoxy groups -OCH3 is 1. The summed E-state index contributed by atoms with van der Waals surface area (Å²) in [7, 11) is 1.66. The first-order valence-electron chi connectivity index (χ1n) is 11.8. The van der Waals surface area contributed by atoms with Gasteiger partial charge in [-0.15, -0.1) is 10.2 Å². The van der Waals surface area contributed by atoms with E-state index in [-0.39, 0.29) is 17.7 Å². The van der Waals surface area contributed by atoms with Crippen molar-refractivity contribution in [3.8, 4) is 11.4 Å². The fraction of sp³-hybridized carbons (Fsp3) is 0.423. The fourth-order valence-electron chi connectivity index (χ4n) is 4.46. The standard InChI is InChI=1S/C26H33N5O2S/c1-18-14-19(2)16-21(15-18)27-24(32)17-34-26-29-28-25(20(3)30-12-6-5-7-13-30)31(26)22-8-10-23(33-4)11-9-22/h8-11,14-16,20H,5-7,12-13,17H2,1-4H3,(H,27,32). The van der Waals surface area contributed by atoms with E-state index in [1.807, 2.05) is 50.2 Å². The maximum absolute atomic E-state index is 12.7. The predicted octanol–water partition coefficient (Wildman–Crippen LogP) is 5.17. The van der Waals surface area contributed by atoms with Crippen molar-refractivity contribution in [2.45, 2.75) is 51.2 Å². The highest BCUT2D eigenvalue weighted by molar-refractivity contribution is 7.99. The summed E-state index contributed by atoms with van der Waals surface area (Å²) in [5.41, 5.74) is 4.03. The molecule has 1 fully saturated rings. The van der Waals surface area contributed by atoms with Gasteiger partial charge in [0.1, 0.15) is 5.75 Å². The van der Waals surface area contributed by atoms with Crippen LogP contribution in [0.2, 0.25) is 0 Å². The first kappa shape index (κ1) is 24.3. The molecule has 1 N–H and O–H groups in total.